The Morgan fingerprint density at radius 3 is 2.27 bits per heavy atom. The summed E-state index contributed by atoms with van der Waals surface area (Å²) in [5.41, 5.74) is 5.44. The van der Waals surface area contributed by atoms with Gasteiger partial charge in [0, 0.05) is 29.8 Å². The van der Waals surface area contributed by atoms with E-state index < -0.39 is 29.1 Å². The van der Waals surface area contributed by atoms with E-state index in [0.29, 0.717) is 44.1 Å². The number of nitriles is 1. The summed E-state index contributed by atoms with van der Waals surface area (Å²) in [4.78, 5) is 41.4. The minimum Gasteiger partial charge on any atom is -0.497 e. The Bertz CT molecular complexity index is 1470. The highest BCUT2D eigenvalue weighted by molar-refractivity contribution is 6.32. The van der Waals surface area contributed by atoms with Gasteiger partial charge in [-0.15, -0.1) is 0 Å². The van der Waals surface area contributed by atoms with Gasteiger partial charge in [0.1, 0.15) is 25.4 Å². The molecule has 0 radical (unpaired) electrons. The molecule has 0 unspecified atom stereocenters. The monoisotopic (exact) mass is 612 g/mol. The molecule has 0 aromatic heterocycles. The molecule has 2 aliphatic rings. The van der Waals surface area contributed by atoms with Crippen LogP contribution in [0.5, 0.6) is 5.75 Å². The number of alkyl halides is 3. The lowest BCUT2D eigenvalue weighted by molar-refractivity contribution is -0.867. The molecule has 0 aliphatic carbocycles. The number of anilines is 1. The number of imide groups is 1. The highest BCUT2D eigenvalue weighted by Crippen LogP contribution is 2.37. The molecule has 0 spiro atoms. The summed E-state index contributed by atoms with van der Waals surface area (Å²) >= 11 is 0. The average Bonchev–Trinajstić information content (AvgIpc) is 3.21. The summed E-state index contributed by atoms with van der Waals surface area (Å²) in [5.74, 6) is -0.512. The predicted octanol–water partition coefficient (Wildman–Crippen LogP) is 5.14. The number of halogens is 3. The van der Waals surface area contributed by atoms with Crippen LogP contribution >= 0.6 is 0 Å². The number of rotatable bonds is 11. The van der Waals surface area contributed by atoms with E-state index in [4.69, 9.17) is 15.7 Å². The van der Waals surface area contributed by atoms with E-state index in [9.17, 15) is 27.6 Å². The zero-order valence-electron chi connectivity index (χ0n) is 25.0. The number of primary amides is 1. The first kappa shape index (κ1) is 32.7. The average molecular weight is 613 g/mol. The quantitative estimate of drug-likeness (QED) is 0.214. The molecule has 2 heterocycles. The SMILES string of the molecule is COc1ccc(C[N+]2(C(N)=O)CCN(CCCCCCC3=C(C)C(=O)N(c4ccc(C#N)c(C(F)(F)F)c4)C3=O)CC2)cc1. The number of amides is 4. The number of hydrogen-bond donors (Lipinski definition) is 1. The van der Waals surface area contributed by atoms with Gasteiger partial charge in [-0.1, -0.05) is 12.8 Å². The minimum absolute atomic E-state index is 0.204. The van der Waals surface area contributed by atoms with E-state index in [2.05, 4.69) is 4.90 Å². The van der Waals surface area contributed by atoms with Crippen LogP contribution < -0.4 is 15.4 Å². The number of urea groups is 1. The van der Waals surface area contributed by atoms with Crippen molar-refractivity contribution in [2.45, 2.75) is 51.7 Å². The van der Waals surface area contributed by atoms with Crippen LogP contribution in [0.4, 0.5) is 23.7 Å². The van der Waals surface area contributed by atoms with Gasteiger partial charge in [0.25, 0.3) is 11.8 Å². The van der Waals surface area contributed by atoms with Gasteiger partial charge in [-0.25, -0.2) is 14.2 Å². The van der Waals surface area contributed by atoms with E-state index in [1.165, 1.54) is 19.1 Å². The molecule has 2 aromatic carbocycles. The van der Waals surface area contributed by atoms with Gasteiger partial charge in [-0.05, 0) is 75.2 Å². The van der Waals surface area contributed by atoms with Crippen molar-refractivity contribution < 1.29 is 36.8 Å². The van der Waals surface area contributed by atoms with Crippen molar-refractivity contribution >= 4 is 23.5 Å². The van der Waals surface area contributed by atoms with E-state index in [-0.39, 0.29) is 21.8 Å². The van der Waals surface area contributed by atoms with Crippen molar-refractivity contribution in [2.24, 2.45) is 5.73 Å². The molecule has 234 valence electrons. The maximum Gasteiger partial charge on any atom is 0.417 e. The molecule has 0 atom stereocenters. The van der Waals surface area contributed by atoms with Gasteiger partial charge >= 0.3 is 12.2 Å². The summed E-state index contributed by atoms with van der Waals surface area (Å²) in [7, 11) is 1.61. The summed E-state index contributed by atoms with van der Waals surface area (Å²) < 4.78 is 45.7. The maximum absolute atomic E-state index is 13.4. The standard InChI is InChI=1S/C32H36F3N5O4/c1-22-27(30(42)39(29(22)41)25-11-10-24(20-36)28(19-25)32(33,34)35)7-5-3-4-6-14-38-15-17-40(18-16-38,31(37)43)21-23-8-12-26(44-2)13-9-23/h8-13,19H,3-7,14-18,21H2,1-2H3,(H-,37,43)/p+1. The number of carbonyl (C=O) groups is 3. The number of nitrogens with zero attached hydrogens (tertiary/aromatic N) is 4. The number of quaternary nitrogens is 1. The van der Waals surface area contributed by atoms with Crippen molar-refractivity contribution in [1.82, 2.24) is 4.90 Å². The Balaban J connectivity index is 1.23. The molecule has 0 saturated carbocycles. The van der Waals surface area contributed by atoms with Crippen LogP contribution in [0.1, 0.15) is 55.7 Å². The number of methoxy groups -OCH3 is 1. The van der Waals surface area contributed by atoms with Gasteiger partial charge < -0.3 is 10.5 Å². The molecule has 4 rings (SSSR count). The lowest BCUT2D eigenvalue weighted by atomic mass is 10.0. The van der Waals surface area contributed by atoms with Gasteiger partial charge in [-0.3, -0.25) is 14.5 Å². The lowest BCUT2D eigenvalue weighted by Crippen LogP contribution is -2.63. The van der Waals surface area contributed by atoms with Crippen LogP contribution in [0, 0.1) is 11.3 Å². The predicted molar refractivity (Wildman–Crippen MR) is 157 cm³/mol. The Kier molecular flexibility index (Phi) is 10.1. The fraction of sp³-hybridized carbons (Fsp3) is 0.438. The molecule has 9 nitrogen and oxygen atoms in total. The van der Waals surface area contributed by atoms with Crippen LogP contribution in [0.3, 0.4) is 0 Å². The van der Waals surface area contributed by atoms with Crippen molar-refractivity contribution in [3.8, 4) is 11.8 Å². The summed E-state index contributed by atoms with van der Waals surface area (Å²) in [6, 6.07) is 11.7. The van der Waals surface area contributed by atoms with Gasteiger partial charge in [0.15, 0.2) is 0 Å². The van der Waals surface area contributed by atoms with E-state index in [0.717, 1.165) is 61.2 Å². The molecule has 44 heavy (non-hydrogen) atoms. The highest BCUT2D eigenvalue weighted by atomic mass is 19.4. The first-order valence-corrected chi connectivity index (χ1v) is 14.6. The Hall–Kier alpha value is -4.21. The first-order valence-electron chi connectivity index (χ1n) is 14.6. The Labute approximate surface area is 254 Å². The minimum atomic E-state index is -4.80. The number of nitrogens with two attached hydrogens (primary N) is 1. The van der Waals surface area contributed by atoms with E-state index in [1.54, 1.807) is 7.11 Å². The Morgan fingerprint density at radius 2 is 1.68 bits per heavy atom. The van der Waals surface area contributed by atoms with Crippen molar-refractivity contribution in [2.75, 3.05) is 44.7 Å². The highest BCUT2D eigenvalue weighted by Gasteiger charge is 2.40. The third-order valence-corrected chi connectivity index (χ3v) is 8.58. The van der Waals surface area contributed by atoms with Gasteiger partial charge in [-0.2, -0.15) is 18.4 Å². The van der Waals surface area contributed by atoms with E-state index >= 15 is 0 Å². The molecule has 1 saturated heterocycles. The molecule has 0 bridgehead atoms. The summed E-state index contributed by atoms with van der Waals surface area (Å²) in [6.45, 7) is 5.69. The van der Waals surface area contributed by atoms with E-state index in [1.807, 2.05) is 24.3 Å². The third kappa shape index (κ3) is 7.11. The zero-order chi connectivity index (χ0) is 32.1. The number of unbranched alkanes of at least 4 members (excludes halogenated alkanes) is 3. The second kappa shape index (κ2) is 13.6. The number of ether oxygens (including phenoxy) is 1. The third-order valence-electron chi connectivity index (χ3n) is 8.58. The number of hydrogen-bond acceptors (Lipinski definition) is 6. The maximum atomic E-state index is 13.4. The second-order valence-corrected chi connectivity index (χ2v) is 11.3. The normalized spacial score (nSPS) is 17.2. The summed E-state index contributed by atoms with van der Waals surface area (Å²) in [6.07, 6.45) is -1.14. The fourth-order valence-corrected chi connectivity index (χ4v) is 5.86. The van der Waals surface area contributed by atoms with Crippen LogP contribution in [0.25, 0.3) is 0 Å². The van der Waals surface area contributed by atoms with Crippen LogP contribution in [0.15, 0.2) is 53.6 Å². The number of carbonyl (C=O) groups excluding carboxylic acids is 3. The first-order chi connectivity index (χ1) is 20.9. The smallest absolute Gasteiger partial charge is 0.417 e. The number of piperazine rings is 1. The summed E-state index contributed by atoms with van der Waals surface area (Å²) in [5, 5.41) is 9.03. The fourth-order valence-electron chi connectivity index (χ4n) is 5.86. The molecule has 12 heteroatoms. The zero-order valence-corrected chi connectivity index (χ0v) is 25.0. The van der Waals surface area contributed by atoms with Crippen LogP contribution in [-0.2, 0) is 22.3 Å². The van der Waals surface area contributed by atoms with Crippen molar-refractivity contribution in [1.29, 1.82) is 5.26 Å². The number of benzene rings is 2. The van der Waals surface area contributed by atoms with Crippen LogP contribution in [-0.4, -0.2) is 67.1 Å². The Morgan fingerprint density at radius 1 is 1.02 bits per heavy atom. The molecule has 4 amide bonds. The lowest BCUT2D eigenvalue weighted by Gasteiger charge is -2.41. The van der Waals surface area contributed by atoms with Crippen molar-refractivity contribution in [3.63, 3.8) is 0 Å². The van der Waals surface area contributed by atoms with Gasteiger partial charge in [0.2, 0.25) is 0 Å². The van der Waals surface area contributed by atoms with Gasteiger partial charge in [0.05, 0.1) is 30.0 Å². The molecule has 2 aliphatic heterocycles. The van der Waals surface area contributed by atoms with Crippen LogP contribution in [0.2, 0.25) is 0 Å². The molecule has 2 aromatic rings. The topological polar surface area (TPSA) is 117 Å². The molecular formula is C32H37F3N5O4+. The van der Waals surface area contributed by atoms with Crippen molar-refractivity contribution in [3.05, 3.63) is 70.3 Å². The second-order valence-electron chi connectivity index (χ2n) is 11.3. The molecule has 1 fully saturated rings. The largest absolute Gasteiger partial charge is 0.497 e. The molecular weight excluding hydrogens is 575 g/mol. The molecule has 2 N–H and O–H groups in total.